The summed E-state index contributed by atoms with van der Waals surface area (Å²) in [6.07, 6.45) is 4.05. The molecule has 9 amide bonds. The summed E-state index contributed by atoms with van der Waals surface area (Å²) in [5.41, 5.74) is 17.2. The molecule has 23 heteroatoms. The van der Waals surface area contributed by atoms with Crippen LogP contribution in [0.2, 0.25) is 0 Å². The van der Waals surface area contributed by atoms with Crippen LogP contribution < -0.4 is 59.7 Å². The van der Waals surface area contributed by atoms with E-state index in [1.54, 1.807) is 54.7 Å². The molecule has 22 nitrogen and oxygen atoms in total. The highest BCUT2D eigenvalue weighted by molar-refractivity contribution is 7.98. The predicted molar refractivity (Wildman–Crippen MR) is 269 cm³/mol. The highest BCUT2D eigenvalue weighted by Gasteiger charge is 2.37. The number of primary amides is 1. The summed E-state index contributed by atoms with van der Waals surface area (Å²) in [6.45, 7) is 19.3. The first kappa shape index (κ1) is 65.0. The number of unbranched alkanes of at least 4 members (excludes halogenated alkanes) is 1. The van der Waals surface area contributed by atoms with Crippen molar-refractivity contribution in [2.24, 2.45) is 46.8 Å². The van der Waals surface area contributed by atoms with Crippen LogP contribution in [0.15, 0.2) is 0 Å². The van der Waals surface area contributed by atoms with Gasteiger partial charge in [-0.15, -0.1) is 0 Å². The second kappa shape index (κ2) is 33.5. The van der Waals surface area contributed by atoms with Gasteiger partial charge in [-0.3, -0.25) is 43.2 Å². The minimum atomic E-state index is -1.55. The summed E-state index contributed by atoms with van der Waals surface area (Å²) in [4.78, 5) is 133. The Kier molecular flexibility index (Phi) is 31.1. The predicted octanol–water partition coefficient (Wildman–Crippen LogP) is -0.106. The molecule has 402 valence electrons. The van der Waals surface area contributed by atoms with Crippen LogP contribution >= 0.6 is 11.8 Å². The lowest BCUT2D eigenvalue weighted by atomic mass is 9.95. The monoisotopic (exact) mass is 1010 g/mol. The van der Waals surface area contributed by atoms with E-state index >= 15 is 0 Å². The van der Waals surface area contributed by atoms with E-state index in [-0.39, 0.29) is 31.1 Å². The highest BCUT2D eigenvalue weighted by Crippen LogP contribution is 2.15. The summed E-state index contributed by atoms with van der Waals surface area (Å²) >= 11 is 1.39. The molecule has 0 saturated carbocycles. The number of carboxylic acid groups (broad SMARTS) is 1. The van der Waals surface area contributed by atoms with E-state index in [1.807, 2.05) is 20.8 Å². The first-order valence-corrected chi connectivity index (χ1v) is 26.0. The van der Waals surface area contributed by atoms with Crippen molar-refractivity contribution in [3.8, 4) is 0 Å². The lowest BCUT2D eigenvalue weighted by Crippen LogP contribution is -2.62. The fourth-order valence-corrected chi connectivity index (χ4v) is 7.51. The molecule has 15 N–H and O–H groups in total. The standard InChI is InChI=1S/C47H87N11O11S/c1-13-26(8)35(50)44(65)55-32(22-24(4)5)43(64)54-33(23-34(49)59)42(63)51-29(11)39(60)52-31(19-21-70-12)41(62)57-37(27(9)14-2)46(67)56-36(25(6)7)45(66)53-30(18-16-17-20-48)40(61)58-38(47(68)69)28(10)15-3/h24-33,35-38H,13-23,48,50H2,1-12H3,(H2,49,59)(H,51,63)(H,52,60)(H,53,66)(H,54,64)(H,55,65)(H,56,67)(H,57,62)(H,58,61)(H,68,69)/t26-,27-,28-,29-,30-,31-,32-,33-,35-,36-,37-,38-/m0/s1. The van der Waals surface area contributed by atoms with Gasteiger partial charge in [-0.1, -0.05) is 88.5 Å². The third-order valence-electron chi connectivity index (χ3n) is 12.3. The van der Waals surface area contributed by atoms with E-state index in [0.29, 0.717) is 44.4 Å². The smallest absolute Gasteiger partial charge is 0.326 e. The van der Waals surface area contributed by atoms with Crippen molar-refractivity contribution in [3.63, 3.8) is 0 Å². The Labute approximate surface area is 418 Å². The Morgan fingerprint density at radius 1 is 0.514 bits per heavy atom. The Morgan fingerprint density at radius 2 is 0.957 bits per heavy atom. The molecule has 0 fully saturated rings. The van der Waals surface area contributed by atoms with E-state index in [2.05, 4.69) is 42.5 Å². The van der Waals surface area contributed by atoms with Crippen molar-refractivity contribution < 1.29 is 53.1 Å². The van der Waals surface area contributed by atoms with Gasteiger partial charge >= 0.3 is 5.97 Å². The van der Waals surface area contributed by atoms with Crippen LogP contribution in [0.3, 0.4) is 0 Å². The Bertz CT molecular complexity index is 1740. The van der Waals surface area contributed by atoms with Crippen molar-refractivity contribution in [1.82, 2.24) is 42.5 Å². The number of carboxylic acids is 1. The molecule has 0 aromatic heterocycles. The largest absolute Gasteiger partial charge is 0.480 e. The van der Waals surface area contributed by atoms with Crippen LogP contribution in [0.1, 0.15) is 134 Å². The van der Waals surface area contributed by atoms with Crippen LogP contribution in [0.5, 0.6) is 0 Å². The lowest BCUT2D eigenvalue weighted by Gasteiger charge is -2.30. The molecule has 0 bridgehead atoms. The van der Waals surface area contributed by atoms with Crippen molar-refractivity contribution >= 4 is 70.9 Å². The molecule has 12 atom stereocenters. The highest BCUT2D eigenvalue weighted by atomic mass is 32.2. The Morgan fingerprint density at radius 3 is 1.44 bits per heavy atom. The third-order valence-corrected chi connectivity index (χ3v) is 13.0. The van der Waals surface area contributed by atoms with Gasteiger partial charge in [-0.05, 0) is 87.2 Å². The SMILES string of the molecule is CC[C@H](C)[C@H](N)C(=O)N[C@@H](CC(C)C)C(=O)N[C@@H](CC(N)=O)C(=O)N[C@@H](C)C(=O)N[C@@H](CCSC)C(=O)N[C@H](C(=O)N[C@H](C(=O)N[C@@H](CCCCN)C(=O)N[C@H](C(=O)O)[C@@H](C)CC)C(C)C)[C@@H](C)CC. The summed E-state index contributed by atoms with van der Waals surface area (Å²) in [5.74, 6) is -9.37. The Hall–Kier alpha value is -5.03. The minimum absolute atomic E-state index is 0.0782. The lowest BCUT2D eigenvalue weighted by molar-refractivity contribution is -0.144. The fraction of sp³-hybridized carbons (Fsp3) is 0.787. The summed E-state index contributed by atoms with van der Waals surface area (Å²) in [7, 11) is 0. The molecular weight excluding hydrogens is 927 g/mol. The van der Waals surface area contributed by atoms with E-state index in [9.17, 15) is 53.1 Å². The zero-order chi connectivity index (χ0) is 54.0. The van der Waals surface area contributed by atoms with Gasteiger partial charge in [-0.2, -0.15) is 11.8 Å². The fourth-order valence-electron chi connectivity index (χ4n) is 7.04. The van der Waals surface area contributed by atoms with Gasteiger partial charge < -0.3 is 64.8 Å². The summed E-state index contributed by atoms with van der Waals surface area (Å²) in [6, 6.07) is -10.9. The summed E-state index contributed by atoms with van der Waals surface area (Å²) < 4.78 is 0. The van der Waals surface area contributed by atoms with Gasteiger partial charge in [0, 0.05) is 0 Å². The molecule has 70 heavy (non-hydrogen) atoms. The molecule has 0 aliphatic rings. The average molecular weight is 1010 g/mol. The Balaban J connectivity index is 6.36. The number of hydrogen-bond acceptors (Lipinski definition) is 13. The maximum atomic E-state index is 14.1. The van der Waals surface area contributed by atoms with Gasteiger partial charge in [0.15, 0.2) is 0 Å². The number of aliphatic carboxylic acids is 1. The zero-order valence-corrected chi connectivity index (χ0v) is 44.3. The number of carbonyl (C=O) groups is 10. The topological polar surface area (TPSA) is 365 Å². The maximum absolute atomic E-state index is 14.1. The second-order valence-electron chi connectivity index (χ2n) is 19.1. The van der Waals surface area contributed by atoms with Crippen LogP contribution in [-0.4, -0.2) is 137 Å². The maximum Gasteiger partial charge on any atom is 0.326 e. The number of amides is 9. The summed E-state index contributed by atoms with van der Waals surface area (Å²) in [5, 5.41) is 30.7. The van der Waals surface area contributed by atoms with Gasteiger partial charge in [-0.25, -0.2) is 4.79 Å². The van der Waals surface area contributed by atoms with Crippen molar-refractivity contribution in [2.75, 3.05) is 18.6 Å². The molecule has 0 aliphatic carbocycles. The number of hydrogen-bond donors (Lipinski definition) is 12. The molecule has 0 heterocycles. The molecule has 0 spiro atoms. The second-order valence-corrected chi connectivity index (χ2v) is 20.0. The van der Waals surface area contributed by atoms with Gasteiger partial charge in [0.2, 0.25) is 53.2 Å². The quantitative estimate of drug-likeness (QED) is 0.0369. The minimum Gasteiger partial charge on any atom is -0.480 e. The number of rotatable bonds is 35. The average Bonchev–Trinajstić information content (AvgIpc) is 3.29. The first-order chi connectivity index (χ1) is 32.7. The van der Waals surface area contributed by atoms with Gasteiger partial charge in [0.05, 0.1) is 12.5 Å². The molecule has 0 aliphatic heterocycles. The number of nitrogens with two attached hydrogens (primary N) is 3. The third kappa shape index (κ3) is 23.3. The molecule has 0 unspecified atom stereocenters. The number of thioether (sulfide) groups is 1. The van der Waals surface area contributed by atoms with E-state index in [4.69, 9.17) is 17.2 Å². The van der Waals surface area contributed by atoms with E-state index in [0.717, 1.165) is 0 Å². The van der Waals surface area contributed by atoms with Gasteiger partial charge in [0.1, 0.15) is 48.3 Å². The molecule has 0 aromatic rings. The number of carbonyl (C=O) groups excluding carboxylic acids is 9. The molecule has 0 radical (unpaired) electrons. The number of nitrogens with one attached hydrogen (secondary N) is 8. The van der Waals surface area contributed by atoms with Crippen molar-refractivity contribution in [1.29, 1.82) is 0 Å². The molecule has 0 rings (SSSR count). The van der Waals surface area contributed by atoms with Crippen LogP contribution in [0, 0.1) is 29.6 Å². The molecule has 0 saturated heterocycles. The van der Waals surface area contributed by atoms with Crippen LogP contribution in [-0.2, 0) is 47.9 Å². The first-order valence-electron chi connectivity index (χ1n) is 24.6. The van der Waals surface area contributed by atoms with E-state index < -0.39 is 138 Å². The van der Waals surface area contributed by atoms with Crippen molar-refractivity contribution in [2.45, 2.75) is 188 Å². The van der Waals surface area contributed by atoms with Crippen LogP contribution in [0.4, 0.5) is 0 Å². The molecular formula is C47H87N11O11S. The molecule has 0 aromatic carbocycles. The van der Waals surface area contributed by atoms with Gasteiger partial charge in [0.25, 0.3) is 0 Å². The van der Waals surface area contributed by atoms with Crippen molar-refractivity contribution in [3.05, 3.63) is 0 Å². The normalized spacial score (nSPS) is 16.5. The van der Waals surface area contributed by atoms with E-state index in [1.165, 1.54) is 18.7 Å². The van der Waals surface area contributed by atoms with Crippen LogP contribution in [0.25, 0.3) is 0 Å². The zero-order valence-electron chi connectivity index (χ0n) is 43.5.